The molecule has 0 unspecified atom stereocenters. The number of carboxylic acids is 1. The highest BCUT2D eigenvalue weighted by atomic mass is 19.1. The van der Waals surface area contributed by atoms with Crippen LogP contribution in [0.15, 0.2) is 23.0 Å². The molecule has 0 bridgehead atoms. The van der Waals surface area contributed by atoms with Crippen molar-refractivity contribution in [1.82, 2.24) is 9.55 Å². The topological polar surface area (TPSA) is 72.2 Å². The van der Waals surface area contributed by atoms with E-state index < -0.39 is 23.9 Å². The van der Waals surface area contributed by atoms with Crippen LogP contribution >= 0.6 is 0 Å². The van der Waals surface area contributed by atoms with Crippen LogP contribution in [-0.4, -0.2) is 20.6 Å². The molecule has 88 valence electrons. The number of carboxylic acid groups (broad SMARTS) is 1. The highest BCUT2D eigenvalue weighted by Gasteiger charge is 2.11. The zero-order chi connectivity index (χ0) is 12.6. The lowest BCUT2D eigenvalue weighted by Crippen LogP contribution is -2.27. The lowest BCUT2D eigenvalue weighted by molar-refractivity contribution is -0.137. The minimum absolute atomic E-state index is 0.0804. The molecule has 1 aromatic carbocycles. The van der Waals surface area contributed by atoms with E-state index in [9.17, 15) is 14.0 Å². The van der Waals surface area contributed by atoms with Gasteiger partial charge in [-0.15, -0.1) is 0 Å². The van der Waals surface area contributed by atoms with Crippen molar-refractivity contribution in [1.29, 1.82) is 0 Å². The van der Waals surface area contributed by atoms with E-state index in [4.69, 9.17) is 5.11 Å². The molecular weight excluding hydrogens is 227 g/mol. The largest absolute Gasteiger partial charge is 0.480 e. The van der Waals surface area contributed by atoms with Crippen LogP contribution in [0.3, 0.4) is 0 Å². The third kappa shape index (κ3) is 2.01. The minimum atomic E-state index is -1.15. The molecule has 0 aliphatic rings. The molecule has 1 N–H and O–H groups in total. The zero-order valence-electron chi connectivity index (χ0n) is 8.98. The summed E-state index contributed by atoms with van der Waals surface area (Å²) < 4.78 is 14.0. The SMILES string of the molecule is Cc1nc2ccc(F)cc2c(=O)n1CC(=O)O. The summed E-state index contributed by atoms with van der Waals surface area (Å²) in [5, 5.41) is 8.76. The van der Waals surface area contributed by atoms with Crippen LogP contribution in [-0.2, 0) is 11.3 Å². The van der Waals surface area contributed by atoms with Crippen molar-refractivity contribution >= 4 is 16.9 Å². The van der Waals surface area contributed by atoms with E-state index in [0.29, 0.717) is 5.52 Å². The number of carbonyl (C=O) groups is 1. The number of hydrogen-bond donors (Lipinski definition) is 1. The molecule has 0 saturated carbocycles. The van der Waals surface area contributed by atoms with Crippen molar-refractivity contribution in [2.24, 2.45) is 0 Å². The Balaban J connectivity index is 2.78. The third-order valence-corrected chi connectivity index (χ3v) is 2.40. The summed E-state index contributed by atoms with van der Waals surface area (Å²) >= 11 is 0. The van der Waals surface area contributed by atoms with Crippen LogP contribution in [0.5, 0.6) is 0 Å². The van der Waals surface area contributed by atoms with Gasteiger partial charge < -0.3 is 5.11 Å². The van der Waals surface area contributed by atoms with Gasteiger partial charge in [-0.3, -0.25) is 14.2 Å². The summed E-state index contributed by atoms with van der Waals surface area (Å²) in [5.74, 6) is -1.41. The van der Waals surface area contributed by atoms with Crippen molar-refractivity contribution in [3.05, 3.63) is 40.2 Å². The molecule has 0 aliphatic heterocycles. The number of nitrogens with zero attached hydrogens (tertiary/aromatic N) is 2. The molecule has 17 heavy (non-hydrogen) atoms. The monoisotopic (exact) mass is 236 g/mol. The van der Waals surface area contributed by atoms with E-state index in [-0.39, 0.29) is 11.2 Å². The molecule has 2 rings (SSSR count). The summed E-state index contributed by atoms with van der Waals surface area (Å²) in [6.07, 6.45) is 0. The van der Waals surface area contributed by atoms with Gasteiger partial charge in [-0.2, -0.15) is 0 Å². The van der Waals surface area contributed by atoms with Crippen LogP contribution in [0, 0.1) is 12.7 Å². The standard InChI is InChI=1S/C11H9FN2O3/c1-6-13-9-3-2-7(12)4-8(9)11(17)14(6)5-10(15)16/h2-4H,5H2,1H3,(H,15,16). The second kappa shape index (κ2) is 3.97. The molecule has 0 amide bonds. The van der Waals surface area contributed by atoms with Crippen LogP contribution in [0.4, 0.5) is 4.39 Å². The van der Waals surface area contributed by atoms with E-state index in [2.05, 4.69) is 4.98 Å². The quantitative estimate of drug-likeness (QED) is 0.841. The Labute approximate surface area is 95.1 Å². The maximum Gasteiger partial charge on any atom is 0.323 e. The fraction of sp³-hybridized carbons (Fsp3) is 0.182. The van der Waals surface area contributed by atoms with E-state index in [1.165, 1.54) is 19.1 Å². The van der Waals surface area contributed by atoms with Gasteiger partial charge in [0, 0.05) is 0 Å². The van der Waals surface area contributed by atoms with E-state index in [1.807, 2.05) is 0 Å². The number of aromatic nitrogens is 2. The molecule has 0 fully saturated rings. The highest BCUT2D eigenvalue weighted by molar-refractivity contribution is 5.78. The molecule has 6 heteroatoms. The first-order valence-corrected chi connectivity index (χ1v) is 4.87. The fourth-order valence-electron chi connectivity index (χ4n) is 1.63. The lowest BCUT2D eigenvalue weighted by Gasteiger charge is -2.07. The molecule has 0 aliphatic carbocycles. The number of fused-ring (bicyclic) bond motifs is 1. The van der Waals surface area contributed by atoms with Crippen molar-refractivity contribution in [3.8, 4) is 0 Å². The Morgan fingerprint density at radius 2 is 2.24 bits per heavy atom. The van der Waals surface area contributed by atoms with Crippen molar-refractivity contribution < 1.29 is 14.3 Å². The molecule has 0 atom stereocenters. The van der Waals surface area contributed by atoms with Crippen molar-refractivity contribution in [2.45, 2.75) is 13.5 Å². The Morgan fingerprint density at radius 1 is 1.53 bits per heavy atom. The molecule has 2 aromatic rings. The first-order chi connectivity index (χ1) is 7.99. The Bertz CT molecular complexity index is 664. The number of hydrogen-bond acceptors (Lipinski definition) is 3. The summed E-state index contributed by atoms with van der Waals surface area (Å²) in [4.78, 5) is 26.6. The maximum atomic E-state index is 13.0. The average molecular weight is 236 g/mol. The number of aryl methyl sites for hydroxylation is 1. The molecule has 0 radical (unpaired) electrons. The van der Waals surface area contributed by atoms with Crippen LogP contribution in [0.2, 0.25) is 0 Å². The number of halogens is 1. The number of rotatable bonds is 2. The van der Waals surface area contributed by atoms with Crippen molar-refractivity contribution in [3.63, 3.8) is 0 Å². The van der Waals surface area contributed by atoms with Gasteiger partial charge in [-0.25, -0.2) is 9.37 Å². The Hall–Kier alpha value is -2.24. The van der Waals surface area contributed by atoms with Crippen molar-refractivity contribution in [2.75, 3.05) is 0 Å². The fourth-order valence-corrected chi connectivity index (χ4v) is 1.63. The molecule has 0 spiro atoms. The molecule has 1 aromatic heterocycles. The van der Waals surface area contributed by atoms with E-state index in [0.717, 1.165) is 10.6 Å². The molecule has 5 nitrogen and oxygen atoms in total. The van der Waals surface area contributed by atoms with Gasteiger partial charge in [0.2, 0.25) is 0 Å². The predicted molar refractivity (Wildman–Crippen MR) is 58.3 cm³/mol. The van der Waals surface area contributed by atoms with Crippen LogP contribution in [0.1, 0.15) is 5.82 Å². The number of benzene rings is 1. The Kier molecular flexibility index (Phi) is 2.63. The average Bonchev–Trinajstić information content (AvgIpc) is 2.25. The molecule has 1 heterocycles. The van der Waals surface area contributed by atoms with Gasteiger partial charge in [-0.05, 0) is 25.1 Å². The van der Waals surface area contributed by atoms with Gasteiger partial charge >= 0.3 is 5.97 Å². The summed E-state index contributed by atoms with van der Waals surface area (Å²) in [6.45, 7) is 1.05. The highest BCUT2D eigenvalue weighted by Crippen LogP contribution is 2.10. The lowest BCUT2D eigenvalue weighted by atomic mass is 10.2. The summed E-state index contributed by atoms with van der Waals surface area (Å²) in [5.41, 5.74) is -0.190. The smallest absolute Gasteiger partial charge is 0.323 e. The minimum Gasteiger partial charge on any atom is -0.480 e. The summed E-state index contributed by atoms with van der Waals surface area (Å²) in [6, 6.07) is 3.66. The summed E-state index contributed by atoms with van der Waals surface area (Å²) in [7, 11) is 0. The van der Waals surface area contributed by atoms with E-state index >= 15 is 0 Å². The predicted octanol–water partition coefficient (Wildman–Crippen LogP) is 0.929. The Morgan fingerprint density at radius 3 is 2.88 bits per heavy atom. The first kappa shape index (κ1) is 11.3. The maximum absolute atomic E-state index is 13.0. The van der Waals surface area contributed by atoms with Gasteiger partial charge in [0.05, 0.1) is 10.9 Å². The number of aliphatic carboxylic acids is 1. The van der Waals surface area contributed by atoms with Gasteiger partial charge in [0.25, 0.3) is 5.56 Å². The van der Waals surface area contributed by atoms with Gasteiger partial charge in [0.15, 0.2) is 0 Å². The molecular formula is C11H9FN2O3. The first-order valence-electron chi connectivity index (χ1n) is 4.87. The normalized spacial score (nSPS) is 10.7. The second-order valence-electron chi connectivity index (χ2n) is 3.61. The van der Waals surface area contributed by atoms with Gasteiger partial charge in [0.1, 0.15) is 18.2 Å². The van der Waals surface area contributed by atoms with Crippen LogP contribution in [0.25, 0.3) is 10.9 Å². The third-order valence-electron chi connectivity index (χ3n) is 2.40. The second-order valence-corrected chi connectivity index (χ2v) is 3.61. The van der Waals surface area contributed by atoms with Crippen LogP contribution < -0.4 is 5.56 Å². The molecule has 0 saturated heterocycles. The van der Waals surface area contributed by atoms with Gasteiger partial charge in [-0.1, -0.05) is 0 Å². The zero-order valence-corrected chi connectivity index (χ0v) is 8.98. The van der Waals surface area contributed by atoms with E-state index in [1.54, 1.807) is 0 Å².